The molecule has 1 fully saturated rings. The summed E-state index contributed by atoms with van der Waals surface area (Å²) in [6.07, 6.45) is 0.806. The molecule has 1 amide bonds. The van der Waals surface area contributed by atoms with Crippen LogP contribution in [0.25, 0.3) is 0 Å². The van der Waals surface area contributed by atoms with E-state index in [2.05, 4.69) is 5.32 Å². The summed E-state index contributed by atoms with van der Waals surface area (Å²) in [6, 6.07) is 3.51. The largest absolute Gasteiger partial charge is 0.356 e. The Kier molecular flexibility index (Phi) is 2.90. The number of carbonyl (C=O) groups excluding carboxylic acids is 1. The molecule has 0 spiro atoms. The maximum atomic E-state index is 13.4. The molecule has 2 rings (SSSR count). The minimum Gasteiger partial charge on any atom is -0.356 e. The predicted molar refractivity (Wildman–Crippen MR) is 55.9 cm³/mol. The van der Waals surface area contributed by atoms with Crippen LogP contribution in [0.2, 0.25) is 0 Å². The lowest BCUT2D eigenvalue weighted by Gasteiger charge is -2.03. The summed E-state index contributed by atoms with van der Waals surface area (Å²) in [7, 11) is 0. The zero-order valence-electron chi connectivity index (χ0n) is 8.97. The standard InChI is InChI=1S/C12H13F2NO/c1-7(16)15-6-8-4-10(8)11-5-9(13)2-3-12(11)14/h2-3,5,8,10H,4,6H2,1H3,(H,15,16). The number of nitrogens with one attached hydrogen (secondary N) is 1. The molecule has 0 aliphatic heterocycles. The van der Waals surface area contributed by atoms with Crippen molar-refractivity contribution in [2.24, 2.45) is 5.92 Å². The van der Waals surface area contributed by atoms with Crippen molar-refractivity contribution in [2.75, 3.05) is 6.54 Å². The molecule has 0 bridgehead atoms. The molecule has 0 aromatic heterocycles. The molecule has 1 aromatic rings. The maximum Gasteiger partial charge on any atom is 0.216 e. The predicted octanol–water partition coefficient (Wildman–Crippen LogP) is 2.20. The Morgan fingerprint density at radius 2 is 2.25 bits per heavy atom. The van der Waals surface area contributed by atoms with E-state index in [4.69, 9.17) is 0 Å². The van der Waals surface area contributed by atoms with Gasteiger partial charge in [-0.05, 0) is 42.0 Å². The number of hydrogen-bond donors (Lipinski definition) is 1. The molecule has 1 N–H and O–H groups in total. The Balaban J connectivity index is 2.00. The van der Waals surface area contributed by atoms with E-state index in [9.17, 15) is 13.6 Å². The van der Waals surface area contributed by atoms with Crippen molar-refractivity contribution in [1.82, 2.24) is 5.32 Å². The molecule has 2 nitrogen and oxygen atoms in total. The van der Waals surface area contributed by atoms with Crippen LogP contribution in [0, 0.1) is 17.6 Å². The average Bonchev–Trinajstić information content (AvgIpc) is 2.98. The normalized spacial score (nSPS) is 22.9. The van der Waals surface area contributed by atoms with Crippen LogP contribution >= 0.6 is 0 Å². The second-order valence-electron chi connectivity index (χ2n) is 4.21. The second kappa shape index (κ2) is 4.20. The van der Waals surface area contributed by atoms with Gasteiger partial charge >= 0.3 is 0 Å². The lowest BCUT2D eigenvalue weighted by Crippen LogP contribution is -2.22. The Morgan fingerprint density at radius 3 is 2.94 bits per heavy atom. The first-order valence-electron chi connectivity index (χ1n) is 5.27. The van der Waals surface area contributed by atoms with Crippen LogP contribution in [0.5, 0.6) is 0 Å². The molecular formula is C12H13F2NO. The average molecular weight is 225 g/mol. The first kappa shape index (κ1) is 11.0. The summed E-state index contributed by atoms with van der Waals surface area (Å²) < 4.78 is 26.3. The zero-order chi connectivity index (χ0) is 11.7. The van der Waals surface area contributed by atoms with Crippen LogP contribution in [0.3, 0.4) is 0 Å². The minimum absolute atomic E-state index is 0.0440. The minimum atomic E-state index is -0.415. The molecule has 16 heavy (non-hydrogen) atoms. The number of amides is 1. The summed E-state index contributed by atoms with van der Waals surface area (Å²) in [5.74, 6) is -0.591. The maximum absolute atomic E-state index is 13.4. The number of hydrogen-bond acceptors (Lipinski definition) is 1. The topological polar surface area (TPSA) is 29.1 Å². The smallest absolute Gasteiger partial charge is 0.216 e. The Hall–Kier alpha value is -1.45. The van der Waals surface area contributed by atoms with Gasteiger partial charge in [-0.25, -0.2) is 8.78 Å². The van der Waals surface area contributed by atoms with Gasteiger partial charge in [-0.3, -0.25) is 4.79 Å². The molecule has 1 aliphatic carbocycles. The fourth-order valence-corrected chi connectivity index (χ4v) is 1.93. The van der Waals surface area contributed by atoms with Gasteiger partial charge in [0.1, 0.15) is 11.6 Å². The molecular weight excluding hydrogens is 212 g/mol. The van der Waals surface area contributed by atoms with Crippen molar-refractivity contribution in [3.63, 3.8) is 0 Å². The van der Waals surface area contributed by atoms with Crippen molar-refractivity contribution in [3.05, 3.63) is 35.4 Å². The molecule has 0 radical (unpaired) electrons. The van der Waals surface area contributed by atoms with Crippen LogP contribution in [-0.4, -0.2) is 12.5 Å². The first-order chi connectivity index (χ1) is 7.58. The summed E-state index contributed by atoms with van der Waals surface area (Å²) >= 11 is 0. The lowest BCUT2D eigenvalue weighted by atomic mass is 10.1. The van der Waals surface area contributed by atoms with E-state index in [1.54, 1.807) is 0 Å². The molecule has 0 saturated heterocycles. The highest BCUT2D eigenvalue weighted by molar-refractivity contribution is 5.72. The van der Waals surface area contributed by atoms with Crippen molar-refractivity contribution < 1.29 is 13.6 Å². The van der Waals surface area contributed by atoms with Crippen molar-refractivity contribution in [1.29, 1.82) is 0 Å². The number of benzene rings is 1. The van der Waals surface area contributed by atoms with E-state index >= 15 is 0 Å². The molecule has 4 heteroatoms. The summed E-state index contributed by atoms with van der Waals surface area (Å²) in [5, 5.41) is 2.69. The van der Waals surface area contributed by atoms with Crippen LogP contribution < -0.4 is 5.32 Å². The van der Waals surface area contributed by atoms with E-state index in [-0.39, 0.29) is 23.6 Å². The van der Waals surface area contributed by atoms with Crippen LogP contribution in [0.4, 0.5) is 8.78 Å². The van der Waals surface area contributed by atoms with E-state index in [0.29, 0.717) is 12.1 Å². The Bertz CT molecular complexity index is 419. The number of halogens is 2. The van der Waals surface area contributed by atoms with Crippen molar-refractivity contribution >= 4 is 5.91 Å². The molecule has 1 aliphatic rings. The second-order valence-corrected chi connectivity index (χ2v) is 4.21. The molecule has 1 aromatic carbocycles. The van der Waals surface area contributed by atoms with Gasteiger partial charge in [0.25, 0.3) is 0 Å². The van der Waals surface area contributed by atoms with Gasteiger partial charge in [0.15, 0.2) is 0 Å². The highest BCUT2D eigenvalue weighted by Crippen LogP contribution is 2.47. The van der Waals surface area contributed by atoms with Crippen molar-refractivity contribution in [2.45, 2.75) is 19.3 Å². The molecule has 86 valence electrons. The van der Waals surface area contributed by atoms with Gasteiger partial charge in [-0.1, -0.05) is 0 Å². The van der Waals surface area contributed by atoms with E-state index in [0.717, 1.165) is 18.6 Å². The van der Waals surface area contributed by atoms with Gasteiger partial charge in [0.05, 0.1) is 0 Å². The summed E-state index contributed by atoms with van der Waals surface area (Å²) in [4.78, 5) is 10.7. The van der Waals surface area contributed by atoms with Crippen LogP contribution in [0.15, 0.2) is 18.2 Å². The fraction of sp³-hybridized carbons (Fsp3) is 0.417. The summed E-state index contributed by atoms with van der Waals surface area (Å²) in [6.45, 7) is 1.98. The SMILES string of the molecule is CC(=O)NCC1CC1c1cc(F)ccc1F. The Morgan fingerprint density at radius 1 is 1.50 bits per heavy atom. The van der Waals surface area contributed by atoms with E-state index in [1.807, 2.05) is 0 Å². The van der Waals surface area contributed by atoms with Gasteiger partial charge in [0, 0.05) is 13.5 Å². The first-order valence-corrected chi connectivity index (χ1v) is 5.27. The highest BCUT2D eigenvalue weighted by atomic mass is 19.1. The molecule has 2 unspecified atom stereocenters. The third kappa shape index (κ3) is 2.38. The van der Waals surface area contributed by atoms with Crippen LogP contribution in [0.1, 0.15) is 24.8 Å². The number of carbonyl (C=O) groups is 1. The van der Waals surface area contributed by atoms with Gasteiger partial charge < -0.3 is 5.32 Å². The van der Waals surface area contributed by atoms with Crippen molar-refractivity contribution in [3.8, 4) is 0 Å². The van der Waals surface area contributed by atoms with E-state index in [1.165, 1.54) is 13.0 Å². The lowest BCUT2D eigenvalue weighted by molar-refractivity contribution is -0.119. The van der Waals surface area contributed by atoms with E-state index < -0.39 is 5.82 Å². The fourth-order valence-electron chi connectivity index (χ4n) is 1.93. The quantitative estimate of drug-likeness (QED) is 0.839. The monoisotopic (exact) mass is 225 g/mol. The number of rotatable bonds is 3. The third-order valence-electron chi connectivity index (χ3n) is 2.89. The molecule has 1 saturated carbocycles. The van der Waals surface area contributed by atoms with Gasteiger partial charge in [-0.2, -0.15) is 0 Å². The van der Waals surface area contributed by atoms with Gasteiger partial charge in [-0.15, -0.1) is 0 Å². The van der Waals surface area contributed by atoms with Gasteiger partial charge in [0.2, 0.25) is 5.91 Å². The molecule has 2 atom stereocenters. The van der Waals surface area contributed by atoms with Crippen LogP contribution in [-0.2, 0) is 4.79 Å². The third-order valence-corrected chi connectivity index (χ3v) is 2.89. The molecule has 0 heterocycles. The summed E-state index contributed by atoms with van der Waals surface area (Å²) in [5.41, 5.74) is 0.426. The zero-order valence-corrected chi connectivity index (χ0v) is 8.97. The Labute approximate surface area is 92.7 Å². The highest BCUT2D eigenvalue weighted by Gasteiger charge is 2.39.